The van der Waals surface area contributed by atoms with Crippen molar-refractivity contribution in [3.8, 4) is 11.1 Å². The Morgan fingerprint density at radius 1 is 1.24 bits per heavy atom. The van der Waals surface area contributed by atoms with Crippen LogP contribution in [0.3, 0.4) is 0 Å². The van der Waals surface area contributed by atoms with Gasteiger partial charge in [-0.2, -0.15) is 0 Å². The third kappa shape index (κ3) is 5.56. The largest absolute Gasteiger partial charge is 0.478 e. The van der Waals surface area contributed by atoms with Crippen LogP contribution < -0.4 is 5.56 Å². The number of hydrogen-bond acceptors (Lipinski definition) is 3. The van der Waals surface area contributed by atoms with E-state index in [1.807, 2.05) is 0 Å². The summed E-state index contributed by atoms with van der Waals surface area (Å²) in [5.41, 5.74) is 0.678. The van der Waals surface area contributed by atoms with Crippen molar-refractivity contribution in [2.45, 2.75) is 32.4 Å². The van der Waals surface area contributed by atoms with E-state index < -0.39 is 14.0 Å². The van der Waals surface area contributed by atoms with E-state index in [1.54, 1.807) is 24.3 Å². The van der Waals surface area contributed by atoms with Crippen molar-refractivity contribution in [2.75, 3.05) is 6.61 Å². The smallest absolute Gasteiger partial charge is 0.337 e. The van der Waals surface area contributed by atoms with E-state index in [2.05, 4.69) is 19.6 Å². The SMILES string of the molecule is C[Si](C)(C)CCOCn1cc(C(=O)O)cc(-c2ccc(Cl)cc2)c1=O. The maximum absolute atomic E-state index is 12.7. The lowest BCUT2D eigenvalue weighted by atomic mass is 10.1. The van der Waals surface area contributed by atoms with Crippen molar-refractivity contribution < 1.29 is 14.6 Å². The maximum Gasteiger partial charge on any atom is 0.337 e. The average Bonchev–Trinajstić information content (AvgIpc) is 2.52. The summed E-state index contributed by atoms with van der Waals surface area (Å²) in [4.78, 5) is 24.1. The Kier molecular flexibility index (Phi) is 6.21. The van der Waals surface area contributed by atoms with Gasteiger partial charge in [0.2, 0.25) is 0 Å². The van der Waals surface area contributed by atoms with Gasteiger partial charge in [0.05, 0.1) is 5.56 Å². The molecule has 0 radical (unpaired) electrons. The lowest BCUT2D eigenvalue weighted by Gasteiger charge is -2.16. The second-order valence-electron chi connectivity index (χ2n) is 7.08. The molecule has 0 unspecified atom stereocenters. The zero-order valence-electron chi connectivity index (χ0n) is 14.6. The number of halogens is 1. The molecule has 0 atom stereocenters. The molecule has 0 bridgehead atoms. The number of aromatic nitrogens is 1. The Morgan fingerprint density at radius 2 is 1.88 bits per heavy atom. The van der Waals surface area contributed by atoms with Gasteiger partial charge >= 0.3 is 5.97 Å². The van der Waals surface area contributed by atoms with Gasteiger partial charge in [-0.3, -0.25) is 9.36 Å². The van der Waals surface area contributed by atoms with E-state index in [0.29, 0.717) is 22.8 Å². The molecule has 0 amide bonds. The minimum Gasteiger partial charge on any atom is -0.478 e. The van der Waals surface area contributed by atoms with Crippen molar-refractivity contribution in [1.82, 2.24) is 4.57 Å². The van der Waals surface area contributed by atoms with Gasteiger partial charge in [-0.05, 0) is 29.8 Å². The summed E-state index contributed by atoms with van der Waals surface area (Å²) < 4.78 is 6.91. The van der Waals surface area contributed by atoms with E-state index in [1.165, 1.54) is 16.8 Å². The van der Waals surface area contributed by atoms with Crippen molar-refractivity contribution in [3.63, 3.8) is 0 Å². The van der Waals surface area contributed by atoms with Gasteiger partial charge in [0.15, 0.2) is 0 Å². The lowest BCUT2D eigenvalue weighted by molar-refractivity contribution is 0.0689. The van der Waals surface area contributed by atoms with E-state index in [0.717, 1.165) is 6.04 Å². The molecule has 5 nitrogen and oxygen atoms in total. The molecule has 0 aliphatic heterocycles. The first kappa shape index (κ1) is 19.4. The topological polar surface area (TPSA) is 68.5 Å². The van der Waals surface area contributed by atoms with Crippen molar-refractivity contribution in [2.24, 2.45) is 0 Å². The van der Waals surface area contributed by atoms with Crippen LogP contribution in [0.5, 0.6) is 0 Å². The summed E-state index contributed by atoms with van der Waals surface area (Å²) in [6.45, 7) is 7.31. The van der Waals surface area contributed by atoms with Crippen LogP contribution in [0.1, 0.15) is 10.4 Å². The number of nitrogens with zero attached hydrogens (tertiary/aromatic N) is 1. The van der Waals surface area contributed by atoms with Crippen LogP contribution in [0.4, 0.5) is 0 Å². The second-order valence-corrected chi connectivity index (χ2v) is 13.1. The number of aromatic carboxylic acids is 1. The van der Waals surface area contributed by atoms with E-state index in [9.17, 15) is 14.7 Å². The first-order valence-electron chi connectivity index (χ1n) is 7.99. The van der Waals surface area contributed by atoms with Crippen molar-refractivity contribution in [1.29, 1.82) is 0 Å². The summed E-state index contributed by atoms with van der Waals surface area (Å²) in [6, 6.07) is 9.08. The van der Waals surface area contributed by atoms with Gasteiger partial charge in [-0.15, -0.1) is 0 Å². The molecule has 1 N–H and O–H groups in total. The first-order chi connectivity index (χ1) is 11.7. The predicted molar refractivity (Wildman–Crippen MR) is 102 cm³/mol. The molecule has 0 spiro atoms. The molecular weight excluding hydrogens is 358 g/mol. The number of hydrogen-bond donors (Lipinski definition) is 1. The van der Waals surface area contributed by atoms with Crippen molar-refractivity contribution >= 4 is 25.6 Å². The van der Waals surface area contributed by atoms with Gasteiger partial charge in [0, 0.05) is 31.5 Å². The molecule has 0 aliphatic carbocycles. The molecular formula is C18H22ClNO4Si. The van der Waals surface area contributed by atoms with Crippen LogP contribution in [0, 0.1) is 0 Å². The summed E-state index contributed by atoms with van der Waals surface area (Å²) >= 11 is 5.88. The Labute approximate surface area is 152 Å². The highest BCUT2D eigenvalue weighted by Crippen LogP contribution is 2.20. The minimum absolute atomic E-state index is 0.0328. The van der Waals surface area contributed by atoms with E-state index >= 15 is 0 Å². The number of benzene rings is 1. The standard InChI is InChI=1S/C18H22ClNO4Si/c1-25(2,3)9-8-24-12-20-11-14(18(22)23)10-16(17(20)21)13-4-6-15(19)7-5-13/h4-7,10-11H,8-9,12H2,1-3H3,(H,22,23). The predicted octanol–water partition coefficient (Wildman–Crippen LogP) is 4.18. The van der Waals surface area contributed by atoms with Crippen LogP contribution in [0.25, 0.3) is 11.1 Å². The van der Waals surface area contributed by atoms with Crippen LogP contribution in [-0.4, -0.2) is 30.3 Å². The fourth-order valence-corrected chi connectivity index (χ4v) is 3.11. The highest BCUT2D eigenvalue weighted by atomic mass is 35.5. The van der Waals surface area contributed by atoms with Crippen LogP contribution in [0.2, 0.25) is 30.7 Å². The molecule has 0 aliphatic rings. The quantitative estimate of drug-likeness (QED) is 0.578. The summed E-state index contributed by atoms with van der Waals surface area (Å²) in [5.74, 6) is -1.09. The lowest BCUT2D eigenvalue weighted by Crippen LogP contribution is -2.26. The third-order valence-corrected chi connectivity index (χ3v) is 5.67. The molecule has 0 fully saturated rings. The Balaban J connectivity index is 2.31. The minimum atomic E-state index is -1.23. The number of rotatable bonds is 7. The van der Waals surface area contributed by atoms with Gasteiger partial charge in [-0.1, -0.05) is 43.4 Å². The van der Waals surface area contributed by atoms with E-state index in [4.69, 9.17) is 16.3 Å². The maximum atomic E-state index is 12.7. The molecule has 7 heteroatoms. The Morgan fingerprint density at radius 3 is 2.44 bits per heavy atom. The molecule has 1 aromatic carbocycles. The molecule has 25 heavy (non-hydrogen) atoms. The van der Waals surface area contributed by atoms with Gasteiger partial charge in [-0.25, -0.2) is 4.79 Å². The molecule has 134 valence electrons. The molecule has 0 saturated carbocycles. The van der Waals surface area contributed by atoms with Gasteiger partial charge in [0.25, 0.3) is 5.56 Å². The average molecular weight is 380 g/mol. The zero-order valence-corrected chi connectivity index (χ0v) is 16.3. The normalized spacial score (nSPS) is 11.5. The molecule has 0 saturated heterocycles. The fraction of sp³-hybridized carbons (Fsp3) is 0.333. The second kappa shape index (κ2) is 7.99. The summed E-state index contributed by atoms with van der Waals surface area (Å²) in [5, 5.41) is 9.87. The monoisotopic (exact) mass is 379 g/mol. The molecule has 1 heterocycles. The number of carboxylic acid groups (broad SMARTS) is 1. The van der Waals surface area contributed by atoms with Crippen LogP contribution in [0.15, 0.2) is 41.3 Å². The molecule has 1 aromatic heterocycles. The Hall–Kier alpha value is -1.89. The van der Waals surface area contributed by atoms with Gasteiger partial charge < -0.3 is 9.84 Å². The van der Waals surface area contributed by atoms with E-state index in [-0.39, 0.29) is 17.9 Å². The highest BCUT2D eigenvalue weighted by molar-refractivity contribution is 6.76. The number of ether oxygens (including phenoxy) is 1. The third-order valence-electron chi connectivity index (χ3n) is 3.71. The number of carbonyl (C=O) groups is 1. The summed E-state index contributed by atoms with van der Waals surface area (Å²) in [7, 11) is -1.23. The first-order valence-corrected chi connectivity index (χ1v) is 12.1. The zero-order chi connectivity index (χ0) is 18.6. The molecule has 2 aromatic rings. The molecule has 2 rings (SSSR count). The van der Waals surface area contributed by atoms with Crippen LogP contribution >= 0.6 is 11.6 Å². The fourth-order valence-electron chi connectivity index (χ4n) is 2.23. The highest BCUT2D eigenvalue weighted by Gasteiger charge is 2.15. The van der Waals surface area contributed by atoms with Crippen LogP contribution in [-0.2, 0) is 11.5 Å². The number of pyridine rings is 1. The van der Waals surface area contributed by atoms with Crippen molar-refractivity contribution in [3.05, 3.63) is 57.5 Å². The Bertz CT molecular complexity index is 809. The number of carboxylic acids is 1. The summed E-state index contributed by atoms with van der Waals surface area (Å²) in [6.07, 6.45) is 1.32. The van der Waals surface area contributed by atoms with Gasteiger partial charge in [0.1, 0.15) is 6.73 Å².